The van der Waals surface area contributed by atoms with Crippen LogP contribution in [0.5, 0.6) is 0 Å². The van der Waals surface area contributed by atoms with Crippen molar-refractivity contribution in [2.45, 2.75) is 24.3 Å². The molecule has 1 N–H and O–H groups in total. The van der Waals surface area contributed by atoms with E-state index in [4.69, 9.17) is 10.7 Å². The van der Waals surface area contributed by atoms with Gasteiger partial charge in [0.05, 0.1) is 10.5 Å². The van der Waals surface area contributed by atoms with E-state index in [2.05, 4.69) is 21.2 Å². The molecule has 7 heteroatoms. The van der Waals surface area contributed by atoms with Gasteiger partial charge in [-0.15, -0.1) is 0 Å². The average molecular weight is 353 g/mol. The molecule has 0 bridgehead atoms. The summed E-state index contributed by atoms with van der Waals surface area (Å²) in [6.07, 6.45) is 0.955. The zero-order valence-corrected chi connectivity index (χ0v) is 12.6. The van der Waals surface area contributed by atoms with Crippen LogP contribution in [0.25, 0.3) is 0 Å². The Bertz CT molecular complexity index is 602. The van der Waals surface area contributed by atoms with E-state index in [9.17, 15) is 13.2 Å². The molecule has 98 valence electrons. The van der Waals surface area contributed by atoms with E-state index in [1.54, 1.807) is 0 Å². The van der Waals surface area contributed by atoms with Gasteiger partial charge in [0.15, 0.2) is 0 Å². The minimum Gasteiger partial charge on any atom is -0.349 e. The van der Waals surface area contributed by atoms with E-state index in [0.29, 0.717) is 10.4 Å². The monoisotopic (exact) mass is 351 g/mol. The Balaban J connectivity index is 2.29. The Labute approximate surface area is 118 Å². The van der Waals surface area contributed by atoms with Gasteiger partial charge in [-0.05, 0) is 46.5 Å². The molecule has 0 spiro atoms. The van der Waals surface area contributed by atoms with Crippen molar-refractivity contribution in [3.8, 4) is 0 Å². The van der Waals surface area contributed by atoms with Crippen molar-refractivity contribution < 1.29 is 13.2 Å². The summed E-state index contributed by atoms with van der Waals surface area (Å²) in [6.45, 7) is 2.04. The SMILES string of the molecule is CC1CC1NC(=O)c1cc(S(=O)(=O)Cl)ccc1Br. The molecule has 18 heavy (non-hydrogen) atoms. The van der Waals surface area contributed by atoms with Crippen LogP contribution < -0.4 is 5.32 Å². The zero-order chi connectivity index (χ0) is 13.5. The predicted molar refractivity (Wildman–Crippen MR) is 72.2 cm³/mol. The van der Waals surface area contributed by atoms with Crippen LogP contribution in [0.1, 0.15) is 23.7 Å². The van der Waals surface area contributed by atoms with Crippen LogP contribution in [0.3, 0.4) is 0 Å². The van der Waals surface area contributed by atoms with Crippen molar-refractivity contribution in [1.82, 2.24) is 5.32 Å². The number of carbonyl (C=O) groups is 1. The molecule has 1 fully saturated rings. The number of carbonyl (C=O) groups excluding carboxylic acids is 1. The fourth-order valence-corrected chi connectivity index (χ4v) is 2.80. The molecule has 1 aromatic rings. The van der Waals surface area contributed by atoms with Crippen LogP contribution in [0, 0.1) is 5.92 Å². The van der Waals surface area contributed by atoms with Crippen molar-refractivity contribution in [3.63, 3.8) is 0 Å². The van der Waals surface area contributed by atoms with Crippen LogP contribution in [0.2, 0.25) is 0 Å². The standard InChI is InChI=1S/C11H11BrClNO3S/c1-6-4-10(6)14-11(15)8-5-7(18(13,16)17)2-3-9(8)12/h2-3,5-6,10H,4H2,1H3,(H,14,15). The summed E-state index contributed by atoms with van der Waals surface area (Å²) in [5, 5.41) is 2.83. The lowest BCUT2D eigenvalue weighted by molar-refractivity contribution is 0.0948. The minimum atomic E-state index is -3.83. The molecule has 4 nitrogen and oxygen atoms in total. The molecular formula is C11H11BrClNO3S. The first-order chi connectivity index (χ1) is 8.29. The molecule has 1 aromatic carbocycles. The first kappa shape index (κ1) is 13.8. The first-order valence-electron chi connectivity index (χ1n) is 5.34. The molecule has 2 atom stereocenters. The topological polar surface area (TPSA) is 63.2 Å². The maximum atomic E-state index is 12.0. The van der Waals surface area contributed by atoms with E-state index >= 15 is 0 Å². The lowest BCUT2D eigenvalue weighted by Crippen LogP contribution is -2.27. The number of halogens is 2. The van der Waals surface area contributed by atoms with Gasteiger partial charge < -0.3 is 5.32 Å². The normalized spacial score (nSPS) is 22.6. The van der Waals surface area contributed by atoms with Crippen molar-refractivity contribution in [3.05, 3.63) is 28.2 Å². The molecule has 1 amide bonds. The van der Waals surface area contributed by atoms with E-state index in [0.717, 1.165) is 6.42 Å². The lowest BCUT2D eigenvalue weighted by atomic mass is 10.2. The second-order valence-electron chi connectivity index (χ2n) is 4.37. The quantitative estimate of drug-likeness (QED) is 0.850. The molecule has 0 saturated heterocycles. The molecule has 0 aromatic heterocycles. The van der Waals surface area contributed by atoms with Gasteiger partial charge in [-0.2, -0.15) is 0 Å². The van der Waals surface area contributed by atoms with E-state index in [1.807, 2.05) is 6.92 Å². The van der Waals surface area contributed by atoms with Gasteiger partial charge in [0.2, 0.25) is 0 Å². The van der Waals surface area contributed by atoms with Gasteiger partial charge in [0.25, 0.3) is 15.0 Å². The third kappa shape index (κ3) is 3.05. The highest BCUT2D eigenvalue weighted by Crippen LogP contribution is 2.30. The van der Waals surface area contributed by atoms with E-state index < -0.39 is 9.05 Å². The average Bonchev–Trinajstić information content (AvgIpc) is 2.92. The highest BCUT2D eigenvalue weighted by Gasteiger charge is 2.34. The Hall–Kier alpha value is -0.590. The number of hydrogen-bond donors (Lipinski definition) is 1. The van der Waals surface area contributed by atoms with Gasteiger partial charge in [-0.25, -0.2) is 8.42 Å². The van der Waals surface area contributed by atoms with Crippen LogP contribution in [0.4, 0.5) is 0 Å². The van der Waals surface area contributed by atoms with E-state index in [-0.39, 0.29) is 22.4 Å². The van der Waals surface area contributed by atoms with Crippen LogP contribution >= 0.6 is 26.6 Å². The lowest BCUT2D eigenvalue weighted by Gasteiger charge is -2.07. The second kappa shape index (κ2) is 4.83. The zero-order valence-electron chi connectivity index (χ0n) is 9.48. The summed E-state index contributed by atoms with van der Waals surface area (Å²) in [5.41, 5.74) is 0.274. The number of amides is 1. The molecule has 0 radical (unpaired) electrons. The minimum absolute atomic E-state index is 0.0821. The fourth-order valence-electron chi connectivity index (χ4n) is 1.60. The summed E-state index contributed by atoms with van der Waals surface area (Å²) in [4.78, 5) is 11.9. The largest absolute Gasteiger partial charge is 0.349 e. The van der Waals surface area contributed by atoms with Crippen molar-refractivity contribution in [1.29, 1.82) is 0 Å². The third-order valence-corrected chi connectivity index (χ3v) is 4.93. The van der Waals surface area contributed by atoms with Crippen molar-refractivity contribution >= 4 is 41.6 Å². The summed E-state index contributed by atoms with van der Waals surface area (Å²) in [7, 11) is 1.43. The van der Waals surface area contributed by atoms with Crippen molar-refractivity contribution in [2.75, 3.05) is 0 Å². The predicted octanol–water partition coefficient (Wildman–Crippen LogP) is 2.51. The first-order valence-corrected chi connectivity index (χ1v) is 8.44. The Morgan fingerprint density at radius 3 is 2.61 bits per heavy atom. The Morgan fingerprint density at radius 1 is 1.50 bits per heavy atom. The number of benzene rings is 1. The van der Waals surface area contributed by atoms with Gasteiger partial charge in [0.1, 0.15) is 0 Å². The number of rotatable bonds is 3. The molecule has 1 aliphatic rings. The maximum Gasteiger partial charge on any atom is 0.261 e. The third-order valence-electron chi connectivity index (χ3n) is 2.89. The summed E-state index contributed by atoms with van der Waals surface area (Å²) >= 11 is 3.22. The maximum absolute atomic E-state index is 12.0. The van der Waals surface area contributed by atoms with Gasteiger partial charge in [0, 0.05) is 21.2 Å². The van der Waals surface area contributed by atoms with Crippen LogP contribution in [-0.2, 0) is 9.05 Å². The Kier molecular flexibility index (Phi) is 3.71. The molecular weight excluding hydrogens is 342 g/mol. The Morgan fingerprint density at radius 2 is 2.11 bits per heavy atom. The number of nitrogens with one attached hydrogen (secondary N) is 1. The molecule has 1 saturated carbocycles. The fraction of sp³-hybridized carbons (Fsp3) is 0.364. The smallest absolute Gasteiger partial charge is 0.261 e. The number of hydrogen-bond acceptors (Lipinski definition) is 3. The molecule has 2 unspecified atom stereocenters. The van der Waals surface area contributed by atoms with Gasteiger partial charge in [-0.1, -0.05) is 6.92 Å². The van der Waals surface area contributed by atoms with Crippen LogP contribution in [0.15, 0.2) is 27.6 Å². The summed E-state index contributed by atoms with van der Waals surface area (Å²) in [5.74, 6) is 0.186. The van der Waals surface area contributed by atoms with Crippen LogP contribution in [-0.4, -0.2) is 20.4 Å². The van der Waals surface area contributed by atoms with Crippen molar-refractivity contribution in [2.24, 2.45) is 5.92 Å². The molecule has 2 rings (SSSR count). The highest BCUT2D eigenvalue weighted by atomic mass is 79.9. The summed E-state index contributed by atoms with van der Waals surface area (Å²) < 4.78 is 23.0. The molecule has 0 heterocycles. The molecule has 1 aliphatic carbocycles. The second-order valence-corrected chi connectivity index (χ2v) is 7.79. The van der Waals surface area contributed by atoms with Gasteiger partial charge in [-0.3, -0.25) is 4.79 Å². The summed E-state index contributed by atoms with van der Waals surface area (Å²) in [6, 6.07) is 4.30. The van der Waals surface area contributed by atoms with Gasteiger partial charge >= 0.3 is 0 Å². The van der Waals surface area contributed by atoms with E-state index in [1.165, 1.54) is 18.2 Å². The molecule has 0 aliphatic heterocycles. The highest BCUT2D eigenvalue weighted by molar-refractivity contribution is 9.10.